The molecule has 4 heterocycles. The molecule has 8 rings (SSSR count). The van der Waals surface area contributed by atoms with Crippen molar-refractivity contribution in [3.8, 4) is 17.6 Å². The zero-order valence-electron chi connectivity index (χ0n) is 36.2. The van der Waals surface area contributed by atoms with Crippen LogP contribution in [0.3, 0.4) is 0 Å². The molecule has 0 aromatic heterocycles. The quantitative estimate of drug-likeness (QED) is 0.100. The number of cyclic esters (lactones) is 1. The van der Waals surface area contributed by atoms with Gasteiger partial charge in [0.05, 0.1) is 43.4 Å². The first-order valence-corrected chi connectivity index (χ1v) is 22.1. The van der Waals surface area contributed by atoms with E-state index in [0.29, 0.717) is 35.5 Å². The Morgan fingerprint density at radius 2 is 1.52 bits per heavy atom. The number of likely N-dealkylation sites (tertiary alicyclic amines) is 1. The number of hydrogen-bond acceptors (Lipinski definition) is 11. The number of hydrogen-bond donors (Lipinski definition) is 3. The molecule has 4 aliphatic rings. The van der Waals surface area contributed by atoms with E-state index >= 15 is 14.4 Å². The molecular formula is C50H53N5O10. The lowest BCUT2D eigenvalue weighted by Crippen LogP contribution is -2.56. The third-order valence-corrected chi connectivity index (χ3v) is 12.7. The molecule has 4 aromatic rings. The standard InChI is InChI=1S/C50H53N5O10/c1-62-29-30-64-49(61)54-39-23-22-33(15-14-24-52-48(51)60)31-38(39)50(47(54)59)40(45(57)53-25-11-3-2-4-12-26-53)42-46(58)65-43(35-18-9-6-10-19-35)41(34-16-7-5-8-17-34)55(42)44(50)36-20-13-21-37(32-36)63-28-27-56/h5-10,13,16-23,31-32,40-44,56H,2-4,11-12,24-30H2,1H3,(H3,51,52,60)/t40-,41-,42-,43+,44+,50-/m0/s1. The minimum absolute atomic E-state index is 0.0216. The van der Waals surface area contributed by atoms with Crippen LogP contribution in [0.25, 0.3) is 0 Å². The monoisotopic (exact) mass is 883 g/mol. The number of benzene rings is 4. The van der Waals surface area contributed by atoms with Crippen LogP contribution >= 0.6 is 0 Å². The van der Waals surface area contributed by atoms with Crippen molar-refractivity contribution in [1.82, 2.24) is 15.1 Å². The molecule has 1 spiro atoms. The number of esters is 1. The number of morpholine rings is 1. The van der Waals surface area contributed by atoms with E-state index in [1.807, 2.05) is 71.6 Å². The van der Waals surface area contributed by atoms with Crippen LogP contribution in [-0.4, -0.2) is 104 Å². The highest BCUT2D eigenvalue weighted by Gasteiger charge is 2.76. The fourth-order valence-corrected chi connectivity index (χ4v) is 10.1. The molecule has 0 unspecified atom stereocenters. The van der Waals surface area contributed by atoms with Gasteiger partial charge in [0.15, 0.2) is 0 Å². The number of rotatable bonds is 11. The number of carbonyl (C=O) groups excluding carboxylic acids is 5. The van der Waals surface area contributed by atoms with E-state index < -0.39 is 65.5 Å². The predicted molar refractivity (Wildman–Crippen MR) is 238 cm³/mol. The minimum Gasteiger partial charge on any atom is -0.491 e. The summed E-state index contributed by atoms with van der Waals surface area (Å²) in [5.74, 6) is 2.99. The Morgan fingerprint density at radius 3 is 2.22 bits per heavy atom. The Labute approximate surface area is 377 Å². The third-order valence-electron chi connectivity index (χ3n) is 12.7. The molecule has 15 heteroatoms. The number of nitrogens with zero attached hydrogens (tertiary/aromatic N) is 3. The first-order chi connectivity index (χ1) is 31.7. The fourth-order valence-electron chi connectivity index (χ4n) is 10.1. The van der Waals surface area contributed by atoms with Crippen molar-refractivity contribution >= 4 is 35.6 Å². The molecule has 3 fully saturated rings. The van der Waals surface area contributed by atoms with Crippen molar-refractivity contribution in [3.05, 3.63) is 131 Å². The number of urea groups is 1. The second-order valence-electron chi connectivity index (χ2n) is 16.5. The highest BCUT2D eigenvalue weighted by molar-refractivity contribution is 6.23. The highest BCUT2D eigenvalue weighted by atomic mass is 16.6. The maximum absolute atomic E-state index is 16.4. The maximum Gasteiger partial charge on any atom is 0.421 e. The van der Waals surface area contributed by atoms with Gasteiger partial charge in [-0.2, -0.15) is 0 Å². The van der Waals surface area contributed by atoms with Gasteiger partial charge in [0.1, 0.15) is 36.5 Å². The van der Waals surface area contributed by atoms with E-state index in [1.54, 1.807) is 41.3 Å². The van der Waals surface area contributed by atoms with E-state index in [0.717, 1.165) is 42.6 Å². The summed E-state index contributed by atoms with van der Waals surface area (Å²) >= 11 is 0. The van der Waals surface area contributed by atoms with Crippen LogP contribution in [0.4, 0.5) is 15.3 Å². The van der Waals surface area contributed by atoms with Gasteiger partial charge in [0.25, 0.3) is 0 Å². The van der Waals surface area contributed by atoms with Gasteiger partial charge in [-0.1, -0.05) is 104 Å². The summed E-state index contributed by atoms with van der Waals surface area (Å²) < 4.78 is 23.5. The number of methoxy groups -OCH3 is 1. The van der Waals surface area contributed by atoms with Crippen molar-refractivity contribution in [3.63, 3.8) is 0 Å². The van der Waals surface area contributed by atoms with Crippen LogP contribution in [0.15, 0.2) is 103 Å². The zero-order valence-corrected chi connectivity index (χ0v) is 36.2. The molecule has 0 bridgehead atoms. The van der Waals surface area contributed by atoms with Crippen LogP contribution in [-0.2, 0) is 34.0 Å². The highest BCUT2D eigenvalue weighted by Crippen LogP contribution is 2.66. The SMILES string of the molecule is COCCOC(=O)N1C(=O)[C@@]2(c3cc(C#CCNC(N)=O)ccc31)[C@H](C(=O)N1CCCCCCC1)[C@H]1C(=O)O[C@H](c3ccccc3)[C@H](c3ccccc3)N1[C@@H]2c1cccc(OCCO)c1. The Bertz CT molecular complexity index is 2450. The van der Waals surface area contributed by atoms with E-state index in [-0.39, 0.29) is 44.2 Å². The number of ether oxygens (including phenoxy) is 4. The summed E-state index contributed by atoms with van der Waals surface area (Å²) in [6.07, 6.45) is 2.40. The lowest BCUT2D eigenvalue weighted by Gasteiger charge is -2.46. The number of carbonyl (C=O) groups is 5. The van der Waals surface area contributed by atoms with Crippen LogP contribution in [0.5, 0.6) is 5.75 Å². The molecule has 0 aliphatic carbocycles. The molecule has 3 saturated heterocycles. The smallest absolute Gasteiger partial charge is 0.421 e. The topological polar surface area (TPSA) is 190 Å². The van der Waals surface area contributed by atoms with Crippen molar-refractivity contribution < 1.29 is 48.0 Å². The van der Waals surface area contributed by atoms with E-state index in [1.165, 1.54) is 7.11 Å². The minimum atomic E-state index is -2.02. The van der Waals surface area contributed by atoms with Gasteiger partial charge in [0.2, 0.25) is 11.8 Å². The van der Waals surface area contributed by atoms with E-state index in [2.05, 4.69) is 17.2 Å². The first kappa shape index (κ1) is 44.9. The zero-order chi connectivity index (χ0) is 45.5. The maximum atomic E-state index is 16.4. The number of amides is 5. The summed E-state index contributed by atoms with van der Waals surface area (Å²) in [6.45, 7) is 0.335. The number of imide groups is 1. The largest absolute Gasteiger partial charge is 0.491 e. The number of fused-ring (bicyclic) bond motifs is 3. The van der Waals surface area contributed by atoms with Crippen LogP contribution in [0.1, 0.15) is 78.1 Å². The summed E-state index contributed by atoms with van der Waals surface area (Å²) in [7, 11) is 1.46. The molecule has 6 atom stereocenters. The van der Waals surface area contributed by atoms with Gasteiger partial charge < -0.3 is 40.0 Å². The molecule has 4 aliphatic heterocycles. The van der Waals surface area contributed by atoms with Gasteiger partial charge in [0, 0.05) is 25.8 Å². The Hall–Kier alpha value is -6.73. The summed E-state index contributed by atoms with van der Waals surface area (Å²) in [4.78, 5) is 78.6. The Balaban J connectivity index is 1.46. The van der Waals surface area contributed by atoms with E-state index in [9.17, 15) is 14.7 Å². The number of aliphatic hydroxyl groups is 1. The van der Waals surface area contributed by atoms with Crippen LogP contribution in [0.2, 0.25) is 0 Å². The number of nitrogens with two attached hydrogens (primary N) is 1. The number of aliphatic hydroxyl groups excluding tert-OH is 1. The average molecular weight is 884 g/mol. The van der Waals surface area contributed by atoms with Crippen molar-refractivity contribution in [2.45, 2.75) is 61.7 Å². The second-order valence-corrected chi connectivity index (χ2v) is 16.5. The molecule has 4 N–H and O–H groups in total. The summed E-state index contributed by atoms with van der Waals surface area (Å²) in [5.41, 5.74) is 6.10. The molecule has 0 saturated carbocycles. The molecule has 338 valence electrons. The number of anilines is 1. The summed E-state index contributed by atoms with van der Waals surface area (Å²) in [6, 6.07) is 26.8. The molecule has 15 nitrogen and oxygen atoms in total. The fraction of sp³-hybridized carbons (Fsp3) is 0.380. The molecule has 65 heavy (non-hydrogen) atoms. The molecule has 4 aromatic carbocycles. The first-order valence-electron chi connectivity index (χ1n) is 22.1. The normalized spacial score (nSPS) is 23.9. The lowest BCUT2D eigenvalue weighted by atomic mass is 9.64. The van der Waals surface area contributed by atoms with Gasteiger partial charge in [-0.15, -0.1) is 0 Å². The Morgan fingerprint density at radius 1 is 0.831 bits per heavy atom. The van der Waals surface area contributed by atoms with Crippen molar-refractivity contribution in [2.24, 2.45) is 11.7 Å². The Kier molecular flexibility index (Phi) is 13.8. The summed E-state index contributed by atoms with van der Waals surface area (Å²) in [5, 5.41) is 12.2. The van der Waals surface area contributed by atoms with Crippen molar-refractivity contribution in [1.29, 1.82) is 0 Å². The lowest BCUT2D eigenvalue weighted by molar-refractivity contribution is -0.179. The number of primary amides is 1. The molecule has 0 radical (unpaired) electrons. The predicted octanol–water partition coefficient (Wildman–Crippen LogP) is 5.32. The third kappa shape index (κ3) is 8.64. The van der Waals surface area contributed by atoms with Gasteiger partial charge in [-0.3, -0.25) is 19.3 Å². The average Bonchev–Trinajstić information content (AvgIpc) is 3.76. The van der Waals surface area contributed by atoms with Crippen LogP contribution < -0.4 is 20.7 Å². The van der Waals surface area contributed by atoms with Gasteiger partial charge >= 0.3 is 18.1 Å². The van der Waals surface area contributed by atoms with Gasteiger partial charge in [-0.25, -0.2) is 14.5 Å². The van der Waals surface area contributed by atoms with Crippen LogP contribution in [0, 0.1) is 17.8 Å². The van der Waals surface area contributed by atoms with Gasteiger partial charge in [-0.05, 0) is 65.4 Å². The second kappa shape index (κ2) is 20.0. The molecular weight excluding hydrogens is 831 g/mol. The van der Waals surface area contributed by atoms with Crippen molar-refractivity contribution in [2.75, 3.05) is 58.1 Å². The van der Waals surface area contributed by atoms with E-state index in [4.69, 9.17) is 24.7 Å². The number of nitrogens with one attached hydrogen (secondary N) is 1. The molecule has 5 amide bonds.